The Morgan fingerprint density at radius 1 is 0.721 bits per heavy atom. The van der Waals surface area contributed by atoms with Crippen molar-refractivity contribution in [3.8, 4) is 5.75 Å². The van der Waals surface area contributed by atoms with Crippen molar-refractivity contribution in [2.24, 2.45) is 23.7 Å². The molecule has 43 heavy (non-hydrogen) atoms. The normalized spacial score (nSPS) is 28.5. The van der Waals surface area contributed by atoms with Gasteiger partial charge in [-0.15, -0.1) is 0 Å². The monoisotopic (exact) mass is 624 g/mol. The number of hydrogen-bond acceptors (Lipinski definition) is 1. The van der Waals surface area contributed by atoms with E-state index in [9.17, 15) is 17.6 Å². The molecule has 0 atom stereocenters. The van der Waals surface area contributed by atoms with E-state index in [4.69, 9.17) is 16.3 Å². The second-order valence-corrected chi connectivity index (χ2v) is 14.0. The maximum atomic E-state index is 15.4. The molecule has 0 unspecified atom stereocenters. The lowest BCUT2D eigenvalue weighted by molar-refractivity contribution is -0.224. The van der Waals surface area contributed by atoms with Crippen LogP contribution in [0.2, 0.25) is 5.02 Å². The van der Waals surface area contributed by atoms with Gasteiger partial charge in [0.25, 0.3) is 0 Å². The zero-order valence-corrected chi connectivity index (χ0v) is 26.1. The Morgan fingerprint density at radius 2 is 1.30 bits per heavy atom. The fourth-order valence-electron chi connectivity index (χ4n) is 8.26. The lowest BCUT2D eigenvalue weighted by Gasteiger charge is -2.39. The van der Waals surface area contributed by atoms with Gasteiger partial charge in [0.1, 0.15) is 28.2 Å². The molecule has 2 aromatic rings. The first-order valence-corrected chi connectivity index (χ1v) is 17.0. The Kier molecular flexibility index (Phi) is 11.0. The van der Waals surface area contributed by atoms with Gasteiger partial charge in [-0.05, 0) is 124 Å². The Hall–Kier alpha value is -1.82. The SMILES string of the molecule is CCCCCC1CCC(c2ccc(C3CCC(C4CCC(C(F)(F)Oc5cc(F)c(Cl)c(F)c5)CC4)CC3)c(F)c2)CC1. The average Bonchev–Trinajstić information content (AvgIpc) is 3.00. The minimum atomic E-state index is -3.52. The van der Waals surface area contributed by atoms with E-state index in [0.29, 0.717) is 55.6 Å². The van der Waals surface area contributed by atoms with Gasteiger partial charge in [-0.1, -0.05) is 56.3 Å². The summed E-state index contributed by atoms with van der Waals surface area (Å²) in [7, 11) is 0. The van der Waals surface area contributed by atoms with E-state index >= 15 is 4.39 Å². The highest BCUT2D eigenvalue weighted by Crippen LogP contribution is 2.48. The van der Waals surface area contributed by atoms with Gasteiger partial charge >= 0.3 is 6.11 Å². The Morgan fingerprint density at radius 3 is 1.88 bits per heavy atom. The summed E-state index contributed by atoms with van der Waals surface area (Å²) in [6.07, 6.45) is 12.4. The standard InChI is InChI=1S/C36H46ClF5O/c1-2-3-4-5-23-6-8-26(9-7-23)28-16-19-31(32(38)20-28)27-12-10-24(11-13-27)25-14-17-29(18-15-25)36(41,42)43-30-21-33(39)35(37)34(40)22-30/h16,19-27,29H,2-15,17-18H2,1H3. The first-order chi connectivity index (χ1) is 20.6. The van der Waals surface area contributed by atoms with E-state index in [1.54, 1.807) is 6.07 Å². The second-order valence-electron chi connectivity index (χ2n) is 13.6. The van der Waals surface area contributed by atoms with Gasteiger partial charge in [0.2, 0.25) is 0 Å². The molecule has 1 nitrogen and oxygen atoms in total. The summed E-state index contributed by atoms with van der Waals surface area (Å²) in [6.45, 7) is 2.25. The zero-order chi connectivity index (χ0) is 30.6. The molecule has 0 amide bonds. The molecule has 3 fully saturated rings. The van der Waals surface area contributed by atoms with Crippen LogP contribution in [0.25, 0.3) is 0 Å². The van der Waals surface area contributed by atoms with Crippen molar-refractivity contribution < 1.29 is 26.7 Å². The molecule has 7 heteroatoms. The van der Waals surface area contributed by atoms with Crippen molar-refractivity contribution >= 4 is 11.6 Å². The van der Waals surface area contributed by atoms with Gasteiger partial charge in [0.15, 0.2) is 0 Å². The van der Waals surface area contributed by atoms with E-state index in [2.05, 4.69) is 13.0 Å². The molecule has 0 radical (unpaired) electrons. The van der Waals surface area contributed by atoms with E-state index in [1.807, 2.05) is 6.07 Å². The molecule has 0 bridgehead atoms. The van der Waals surface area contributed by atoms with Crippen molar-refractivity contribution in [2.45, 2.75) is 128 Å². The number of rotatable bonds is 10. The summed E-state index contributed by atoms with van der Waals surface area (Å²) in [6, 6.07) is 7.40. The van der Waals surface area contributed by atoms with E-state index < -0.39 is 34.4 Å². The van der Waals surface area contributed by atoms with Gasteiger partial charge < -0.3 is 4.74 Å². The van der Waals surface area contributed by atoms with Crippen molar-refractivity contribution in [1.82, 2.24) is 0 Å². The first kappa shape index (κ1) is 32.6. The smallest absolute Gasteiger partial charge is 0.400 e. The maximum absolute atomic E-state index is 15.4. The van der Waals surface area contributed by atoms with E-state index in [-0.39, 0.29) is 11.7 Å². The third kappa shape index (κ3) is 8.07. The van der Waals surface area contributed by atoms with E-state index in [0.717, 1.165) is 42.7 Å². The van der Waals surface area contributed by atoms with Crippen LogP contribution in [-0.4, -0.2) is 6.11 Å². The molecule has 0 aliphatic heterocycles. The number of halogens is 6. The van der Waals surface area contributed by atoms with Crippen LogP contribution in [0.1, 0.15) is 133 Å². The van der Waals surface area contributed by atoms with Gasteiger partial charge in [-0.25, -0.2) is 13.2 Å². The summed E-state index contributed by atoms with van der Waals surface area (Å²) < 4.78 is 77.3. The predicted octanol–water partition coefficient (Wildman–Crippen LogP) is 12.4. The number of benzene rings is 2. The number of unbranched alkanes of at least 4 members (excludes halogenated alkanes) is 2. The molecule has 3 aliphatic carbocycles. The zero-order valence-electron chi connectivity index (χ0n) is 25.3. The summed E-state index contributed by atoms with van der Waals surface area (Å²) in [4.78, 5) is 0. The van der Waals surface area contributed by atoms with Crippen LogP contribution in [0.4, 0.5) is 22.0 Å². The molecule has 0 N–H and O–H groups in total. The molecule has 238 valence electrons. The lowest BCUT2D eigenvalue weighted by atomic mass is 9.68. The lowest BCUT2D eigenvalue weighted by Crippen LogP contribution is -2.38. The summed E-state index contributed by atoms with van der Waals surface area (Å²) in [5.74, 6) is -1.53. The van der Waals surface area contributed by atoms with Crippen LogP contribution in [-0.2, 0) is 0 Å². The van der Waals surface area contributed by atoms with E-state index in [1.165, 1.54) is 51.4 Å². The number of alkyl halides is 2. The molecule has 2 aromatic carbocycles. The van der Waals surface area contributed by atoms with Crippen molar-refractivity contribution in [1.29, 1.82) is 0 Å². The van der Waals surface area contributed by atoms with Gasteiger partial charge in [-0.3, -0.25) is 0 Å². The minimum Gasteiger partial charge on any atom is -0.432 e. The van der Waals surface area contributed by atoms with Crippen LogP contribution in [0.3, 0.4) is 0 Å². The fourth-order valence-corrected chi connectivity index (χ4v) is 8.36. The maximum Gasteiger partial charge on any atom is 0.400 e. The third-order valence-electron chi connectivity index (χ3n) is 10.9. The Bertz CT molecular complexity index is 1170. The van der Waals surface area contributed by atoms with Gasteiger partial charge in [0, 0.05) is 12.1 Å². The molecule has 0 saturated heterocycles. The summed E-state index contributed by atoms with van der Waals surface area (Å²) in [5, 5.41) is -0.740. The molecule has 3 saturated carbocycles. The highest BCUT2D eigenvalue weighted by Gasteiger charge is 2.45. The van der Waals surface area contributed by atoms with Crippen molar-refractivity contribution in [3.05, 3.63) is 63.9 Å². The van der Waals surface area contributed by atoms with Crippen molar-refractivity contribution in [2.75, 3.05) is 0 Å². The van der Waals surface area contributed by atoms with Crippen LogP contribution < -0.4 is 4.74 Å². The topological polar surface area (TPSA) is 9.23 Å². The predicted molar refractivity (Wildman–Crippen MR) is 162 cm³/mol. The minimum absolute atomic E-state index is 0.0609. The Labute approximate surface area is 258 Å². The highest BCUT2D eigenvalue weighted by atomic mass is 35.5. The highest BCUT2D eigenvalue weighted by molar-refractivity contribution is 6.30. The fraction of sp³-hybridized carbons (Fsp3) is 0.667. The summed E-state index contributed by atoms with van der Waals surface area (Å²) >= 11 is 5.45. The third-order valence-corrected chi connectivity index (χ3v) is 11.3. The van der Waals surface area contributed by atoms with Gasteiger partial charge in [0.05, 0.1) is 5.92 Å². The number of hydrogen-bond donors (Lipinski definition) is 0. The second kappa shape index (κ2) is 14.5. The first-order valence-electron chi connectivity index (χ1n) is 16.6. The van der Waals surface area contributed by atoms with Crippen LogP contribution >= 0.6 is 11.6 Å². The largest absolute Gasteiger partial charge is 0.432 e. The molecular formula is C36H46ClF5O. The molecule has 3 aliphatic rings. The molecule has 0 heterocycles. The van der Waals surface area contributed by atoms with Crippen LogP contribution in [0.5, 0.6) is 5.75 Å². The number of ether oxygens (including phenoxy) is 1. The van der Waals surface area contributed by atoms with Crippen LogP contribution in [0.15, 0.2) is 30.3 Å². The molecule has 5 rings (SSSR count). The molecular weight excluding hydrogens is 579 g/mol. The quantitative estimate of drug-likeness (QED) is 0.145. The molecule has 0 aromatic heterocycles. The van der Waals surface area contributed by atoms with Gasteiger partial charge in [-0.2, -0.15) is 8.78 Å². The van der Waals surface area contributed by atoms with Crippen molar-refractivity contribution in [3.63, 3.8) is 0 Å². The van der Waals surface area contributed by atoms with Crippen LogP contribution in [0, 0.1) is 41.1 Å². The Balaban J connectivity index is 1.08. The average molecular weight is 625 g/mol. The molecule has 0 spiro atoms. The summed E-state index contributed by atoms with van der Waals surface area (Å²) in [5.41, 5.74) is 2.00.